The zero-order valence-corrected chi connectivity index (χ0v) is 12.0. The van der Waals surface area contributed by atoms with Crippen LogP contribution >= 0.6 is 0 Å². The van der Waals surface area contributed by atoms with Gasteiger partial charge in [-0.25, -0.2) is 4.39 Å². The minimum Gasteiger partial charge on any atom is -0.322 e. The average molecular weight is 278 g/mol. The average Bonchev–Trinajstić information content (AvgIpc) is 2.44. The van der Waals surface area contributed by atoms with Crippen LogP contribution in [0.15, 0.2) is 24.3 Å². The van der Waals surface area contributed by atoms with Crippen LogP contribution in [-0.2, 0) is 4.79 Å². The van der Waals surface area contributed by atoms with Gasteiger partial charge in [-0.3, -0.25) is 4.79 Å². The lowest BCUT2D eigenvalue weighted by molar-refractivity contribution is -0.115. The van der Waals surface area contributed by atoms with Crippen molar-refractivity contribution in [3.8, 4) is 0 Å². The molecule has 1 amide bonds. The van der Waals surface area contributed by atoms with Crippen molar-refractivity contribution in [3.63, 3.8) is 0 Å². The molecule has 1 aliphatic rings. The summed E-state index contributed by atoms with van der Waals surface area (Å²) in [5.41, 5.74) is 0.241. The first-order valence-electron chi connectivity index (χ1n) is 7.40. The number of hydrogen-bond donors (Lipinski definition) is 2. The first-order valence-corrected chi connectivity index (χ1v) is 7.40. The molecule has 1 fully saturated rings. The highest BCUT2D eigenvalue weighted by molar-refractivity contribution is 5.92. The number of nitrogens with one attached hydrogen (secondary N) is 2. The Labute approximate surface area is 120 Å². The van der Waals surface area contributed by atoms with E-state index in [0.717, 1.165) is 12.5 Å². The molecule has 0 aliphatic heterocycles. The Hall–Kier alpha value is -1.42. The van der Waals surface area contributed by atoms with Crippen LogP contribution in [-0.4, -0.2) is 19.0 Å². The maximum Gasteiger partial charge on any atom is 0.238 e. The van der Waals surface area contributed by atoms with Crippen molar-refractivity contribution in [2.24, 2.45) is 11.8 Å². The van der Waals surface area contributed by atoms with E-state index in [9.17, 15) is 9.18 Å². The van der Waals surface area contributed by atoms with Gasteiger partial charge < -0.3 is 10.6 Å². The van der Waals surface area contributed by atoms with Gasteiger partial charge in [-0.15, -0.1) is 0 Å². The number of rotatable bonds is 5. The van der Waals surface area contributed by atoms with Crippen LogP contribution in [0.1, 0.15) is 32.6 Å². The summed E-state index contributed by atoms with van der Waals surface area (Å²) in [6, 6.07) is 6.21. The highest BCUT2D eigenvalue weighted by Crippen LogP contribution is 2.27. The Balaban J connectivity index is 1.67. The summed E-state index contributed by atoms with van der Waals surface area (Å²) in [5, 5.41) is 5.75. The predicted molar refractivity (Wildman–Crippen MR) is 79.0 cm³/mol. The summed E-state index contributed by atoms with van der Waals surface area (Å²) in [7, 11) is 0. The fourth-order valence-electron chi connectivity index (χ4n) is 2.68. The van der Waals surface area contributed by atoms with E-state index >= 15 is 0 Å². The molecule has 20 heavy (non-hydrogen) atoms. The Morgan fingerprint density at radius 2 is 1.95 bits per heavy atom. The van der Waals surface area contributed by atoms with Crippen LogP contribution in [0.3, 0.4) is 0 Å². The van der Waals surface area contributed by atoms with Gasteiger partial charge in [0.1, 0.15) is 5.82 Å². The standard InChI is InChI=1S/C16H23FN2O/c1-12-6-8-13(9-7-12)10-18-11-16(20)19-15-5-3-2-4-14(15)17/h2-5,12-13,18H,6-11H2,1H3,(H,19,20). The number of anilines is 1. The normalized spacial score (nSPS) is 22.5. The molecule has 0 radical (unpaired) electrons. The second-order valence-corrected chi connectivity index (χ2v) is 5.78. The summed E-state index contributed by atoms with van der Waals surface area (Å²) in [5.74, 6) is 0.921. The molecule has 0 aromatic heterocycles. The third-order valence-corrected chi connectivity index (χ3v) is 4.00. The molecule has 0 saturated heterocycles. The molecule has 0 spiro atoms. The molecule has 1 aromatic rings. The minimum absolute atomic E-state index is 0.195. The highest BCUT2D eigenvalue weighted by Gasteiger charge is 2.17. The van der Waals surface area contributed by atoms with E-state index in [4.69, 9.17) is 0 Å². The molecular formula is C16H23FN2O. The maximum atomic E-state index is 13.4. The molecule has 0 atom stereocenters. The number of halogens is 1. The summed E-state index contributed by atoms with van der Waals surface area (Å²) < 4.78 is 13.4. The molecular weight excluding hydrogens is 255 g/mol. The Morgan fingerprint density at radius 1 is 1.25 bits per heavy atom. The highest BCUT2D eigenvalue weighted by atomic mass is 19.1. The van der Waals surface area contributed by atoms with Gasteiger partial charge in [0.25, 0.3) is 0 Å². The summed E-state index contributed by atoms with van der Waals surface area (Å²) >= 11 is 0. The van der Waals surface area contributed by atoms with Crippen LogP contribution in [0.2, 0.25) is 0 Å². The molecule has 0 heterocycles. The Kier molecular flexibility index (Phi) is 5.53. The molecule has 0 unspecified atom stereocenters. The van der Waals surface area contributed by atoms with Crippen molar-refractivity contribution in [1.29, 1.82) is 0 Å². The summed E-state index contributed by atoms with van der Waals surface area (Å²) in [6.07, 6.45) is 5.05. The first kappa shape index (κ1) is 15.0. The Morgan fingerprint density at radius 3 is 2.65 bits per heavy atom. The quantitative estimate of drug-likeness (QED) is 0.868. The summed E-state index contributed by atoms with van der Waals surface area (Å²) in [6.45, 7) is 3.41. The fourth-order valence-corrected chi connectivity index (χ4v) is 2.68. The van der Waals surface area contributed by atoms with Gasteiger partial charge >= 0.3 is 0 Å². The molecule has 2 N–H and O–H groups in total. The lowest BCUT2D eigenvalue weighted by atomic mass is 9.83. The number of para-hydroxylation sites is 1. The number of benzene rings is 1. The largest absolute Gasteiger partial charge is 0.322 e. The van der Waals surface area contributed by atoms with E-state index in [2.05, 4.69) is 17.6 Å². The third kappa shape index (κ3) is 4.60. The van der Waals surface area contributed by atoms with Crippen LogP contribution in [0.4, 0.5) is 10.1 Å². The van der Waals surface area contributed by atoms with E-state index in [1.807, 2.05) is 0 Å². The van der Waals surface area contributed by atoms with Crippen molar-refractivity contribution >= 4 is 11.6 Å². The second kappa shape index (κ2) is 7.39. The summed E-state index contributed by atoms with van der Waals surface area (Å²) in [4.78, 5) is 11.7. The van der Waals surface area contributed by atoms with E-state index in [0.29, 0.717) is 5.92 Å². The number of carbonyl (C=O) groups excluding carboxylic acids is 1. The lowest BCUT2D eigenvalue weighted by Gasteiger charge is -2.26. The number of hydrogen-bond acceptors (Lipinski definition) is 2. The van der Waals surface area contributed by atoms with Gasteiger partial charge in [0.2, 0.25) is 5.91 Å². The third-order valence-electron chi connectivity index (χ3n) is 4.00. The zero-order valence-electron chi connectivity index (χ0n) is 12.0. The number of amides is 1. The van der Waals surface area contributed by atoms with Gasteiger partial charge in [-0.05, 0) is 43.4 Å². The number of carbonyl (C=O) groups is 1. The molecule has 3 nitrogen and oxygen atoms in total. The van der Waals surface area contributed by atoms with Crippen LogP contribution in [0, 0.1) is 17.7 Å². The van der Waals surface area contributed by atoms with Crippen LogP contribution in [0.25, 0.3) is 0 Å². The molecule has 1 saturated carbocycles. The zero-order chi connectivity index (χ0) is 14.4. The van der Waals surface area contributed by atoms with Crippen molar-refractivity contribution in [2.45, 2.75) is 32.6 Å². The smallest absolute Gasteiger partial charge is 0.238 e. The second-order valence-electron chi connectivity index (χ2n) is 5.78. The van der Waals surface area contributed by atoms with Crippen molar-refractivity contribution in [1.82, 2.24) is 5.32 Å². The molecule has 110 valence electrons. The monoisotopic (exact) mass is 278 g/mol. The lowest BCUT2D eigenvalue weighted by Crippen LogP contribution is -2.33. The van der Waals surface area contributed by atoms with Crippen LogP contribution < -0.4 is 10.6 Å². The molecule has 4 heteroatoms. The molecule has 1 aromatic carbocycles. The van der Waals surface area contributed by atoms with Gasteiger partial charge in [0, 0.05) is 0 Å². The van der Waals surface area contributed by atoms with Gasteiger partial charge in [-0.2, -0.15) is 0 Å². The molecule has 2 rings (SSSR count). The van der Waals surface area contributed by atoms with E-state index in [1.165, 1.54) is 31.7 Å². The van der Waals surface area contributed by atoms with E-state index in [1.54, 1.807) is 18.2 Å². The molecule has 1 aliphatic carbocycles. The maximum absolute atomic E-state index is 13.4. The van der Waals surface area contributed by atoms with Crippen molar-refractivity contribution in [3.05, 3.63) is 30.1 Å². The van der Waals surface area contributed by atoms with Crippen molar-refractivity contribution < 1.29 is 9.18 Å². The molecule has 0 bridgehead atoms. The topological polar surface area (TPSA) is 41.1 Å². The predicted octanol–water partition coefficient (Wildman–Crippen LogP) is 3.18. The van der Waals surface area contributed by atoms with Crippen LogP contribution in [0.5, 0.6) is 0 Å². The fraction of sp³-hybridized carbons (Fsp3) is 0.562. The van der Waals surface area contributed by atoms with Gasteiger partial charge in [-0.1, -0.05) is 31.9 Å². The Bertz CT molecular complexity index is 442. The SMILES string of the molecule is CC1CCC(CNCC(=O)Nc2ccccc2F)CC1. The minimum atomic E-state index is -0.401. The van der Waals surface area contributed by atoms with E-state index in [-0.39, 0.29) is 18.1 Å². The first-order chi connectivity index (χ1) is 9.65. The van der Waals surface area contributed by atoms with Gasteiger partial charge in [0.05, 0.1) is 12.2 Å². The van der Waals surface area contributed by atoms with Crippen molar-refractivity contribution in [2.75, 3.05) is 18.4 Å². The van der Waals surface area contributed by atoms with E-state index < -0.39 is 5.82 Å². The van der Waals surface area contributed by atoms with Gasteiger partial charge in [0.15, 0.2) is 0 Å².